The zero-order chi connectivity index (χ0) is 11.4. The van der Waals surface area contributed by atoms with Gasteiger partial charge in [-0.15, -0.1) is 0 Å². The maximum atomic E-state index is 5.76. The van der Waals surface area contributed by atoms with Gasteiger partial charge in [-0.05, 0) is 30.2 Å². The summed E-state index contributed by atoms with van der Waals surface area (Å²) in [6, 6.07) is 3.71. The van der Waals surface area contributed by atoms with Crippen molar-refractivity contribution in [3.63, 3.8) is 0 Å². The topological polar surface area (TPSA) is 61.0 Å². The molecule has 2 heterocycles. The van der Waals surface area contributed by atoms with Crippen LogP contribution in [0.15, 0.2) is 22.8 Å². The molecule has 0 bridgehead atoms. The number of rotatable bonds is 4. The molecule has 0 unspecified atom stereocenters. The summed E-state index contributed by atoms with van der Waals surface area (Å²) in [5, 5.41) is 0.0903. The monoisotopic (exact) mass is 239 g/mol. The summed E-state index contributed by atoms with van der Waals surface area (Å²) in [6.45, 7) is 2.54. The molecular weight excluding hydrogens is 230 g/mol. The zero-order valence-corrected chi connectivity index (χ0v) is 9.44. The van der Waals surface area contributed by atoms with Gasteiger partial charge in [-0.1, -0.05) is 6.92 Å². The summed E-state index contributed by atoms with van der Waals surface area (Å²) < 4.78 is 10.5. The molecule has 16 heavy (non-hydrogen) atoms. The molecule has 0 saturated heterocycles. The summed E-state index contributed by atoms with van der Waals surface area (Å²) in [5.41, 5.74) is 0. The van der Waals surface area contributed by atoms with Crippen LogP contribution in [0, 0.1) is 0 Å². The summed E-state index contributed by atoms with van der Waals surface area (Å²) in [6.07, 6.45) is 2.42. The Hall–Kier alpha value is -1.62. The van der Waals surface area contributed by atoms with Gasteiger partial charge < -0.3 is 9.15 Å². The highest BCUT2D eigenvalue weighted by Crippen LogP contribution is 2.18. The highest BCUT2D eigenvalue weighted by Gasteiger charge is 2.09. The number of hydrogen-bond donors (Lipinski definition) is 0. The van der Waals surface area contributed by atoms with Crippen molar-refractivity contribution < 1.29 is 9.15 Å². The summed E-state index contributed by atoms with van der Waals surface area (Å²) in [4.78, 5) is 11.9. The maximum absolute atomic E-state index is 5.76. The number of ether oxygens (including phenoxy) is 1. The second-order valence-corrected chi connectivity index (χ2v) is 3.37. The van der Waals surface area contributed by atoms with Gasteiger partial charge in [0.05, 0.1) is 12.9 Å². The van der Waals surface area contributed by atoms with E-state index >= 15 is 0 Å². The van der Waals surface area contributed by atoms with Gasteiger partial charge in [-0.2, -0.15) is 15.0 Å². The molecule has 0 fully saturated rings. The minimum Gasteiger partial charge on any atom is -0.463 e. The van der Waals surface area contributed by atoms with E-state index in [4.69, 9.17) is 20.8 Å². The highest BCUT2D eigenvalue weighted by molar-refractivity contribution is 6.28. The molecule has 0 aliphatic carbocycles. The summed E-state index contributed by atoms with van der Waals surface area (Å²) in [5.74, 6) is 0.904. The van der Waals surface area contributed by atoms with Gasteiger partial charge in [0.15, 0.2) is 5.76 Å². The van der Waals surface area contributed by atoms with Crippen molar-refractivity contribution >= 4 is 11.6 Å². The smallest absolute Gasteiger partial charge is 0.321 e. The van der Waals surface area contributed by atoms with Crippen LogP contribution in [0.25, 0.3) is 11.6 Å². The van der Waals surface area contributed by atoms with E-state index in [1.54, 1.807) is 18.4 Å². The average molecular weight is 240 g/mol. The minimum absolute atomic E-state index is 0.0903. The van der Waals surface area contributed by atoms with E-state index in [-0.39, 0.29) is 11.3 Å². The van der Waals surface area contributed by atoms with Crippen molar-refractivity contribution in [2.75, 3.05) is 6.61 Å². The second-order valence-electron chi connectivity index (χ2n) is 3.04. The standard InChI is InChI=1S/C10H10ClN3O2/c1-2-5-16-10-13-8(12-9(11)14-10)7-4-3-6-15-7/h3-4,6H,2,5H2,1H3. The predicted octanol–water partition coefficient (Wildman–Crippen LogP) is 2.57. The lowest BCUT2D eigenvalue weighted by Crippen LogP contribution is -2.02. The van der Waals surface area contributed by atoms with E-state index in [0.29, 0.717) is 18.2 Å². The van der Waals surface area contributed by atoms with Gasteiger partial charge in [0.2, 0.25) is 11.1 Å². The van der Waals surface area contributed by atoms with Gasteiger partial charge in [-0.25, -0.2) is 0 Å². The Labute approximate surface area is 97.5 Å². The van der Waals surface area contributed by atoms with Crippen LogP contribution >= 0.6 is 11.6 Å². The van der Waals surface area contributed by atoms with E-state index < -0.39 is 0 Å². The molecule has 0 aromatic carbocycles. The molecule has 5 nitrogen and oxygen atoms in total. The van der Waals surface area contributed by atoms with Gasteiger partial charge in [-0.3, -0.25) is 0 Å². The number of nitrogens with zero attached hydrogens (tertiary/aromatic N) is 3. The first-order valence-electron chi connectivity index (χ1n) is 4.88. The SMILES string of the molecule is CCCOc1nc(Cl)nc(-c2ccco2)n1. The van der Waals surface area contributed by atoms with E-state index in [9.17, 15) is 0 Å². The first kappa shape index (κ1) is 10.9. The van der Waals surface area contributed by atoms with Crippen LogP contribution in [0.1, 0.15) is 13.3 Å². The third-order valence-corrected chi connectivity index (χ3v) is 1.93. The molecule has 6 heteroatoms. The predicted molar refractivity (Wildman–Crippen MR) is 58.3 cm³/mol. The fraction of sp³-hybridized carbons (Fsp3) is 0.300. The highest BCUT2D eigenvalue weighted by atomic mass is 35.5. The summed E-state index contributed by atoms with van der Waals surface area (Å²) in [7, 11) is 0. The Balaban J connectivity index is 2.29. The molecule has 0 spiro atoms. The van der Waals surface area contributed by atoms with Crippen LogP contribution in [-0.4, -0.2) is 21.6 Å². The zero-order valence-electron chi connectivity index (χ0n) is 8.68. The molecule has 0 atom stereocenters. The van der Waals surface area contributed by atoms with Crippen molar-refractivity contribution in [3.05, 3.63) is 23.7 Å². The normalized spacial score (nSPS) is 10.4. The van der Waals surface area contributed by atoms with Crippen LogP contribution in [0.2, 0.25) is 5.28 Å². The largest absolute Gasteiger partial charge is 0.463 e. The van der Waals surface area contributed by atoms with E-state index in [1.807, 2.05) is 6.92 Å². The third kappa shape index (κ3) is 2.49. The molecule has 84 valence electrons. The molecule has 0 saturated carbocycles. The first-order chi connectivity index (χ1) is 7.79. The first-order valence-corrected chi connectivity index (χ1v) is 5.25. The van der Waals surface area contributed by atoms with Crippen molar-refractivity contribution in [2.45, 2.75) is 13.3 Å². The van der Waals surface area contributed by atoms with Crippen molar-refractivity contribution in [2.24, 2.45) is 0 Å². The molecule has 2 aromatic rings. The summed E-state index contributed by atoms with van der Waals surface area (Å²) >= 11 is 5.76. The van der Waals surface area contributed by atoms with Gasteiger partial charge >= 0.3 is 6.01 Å². The lowest BCUT2D eigenvalue weighted by atomic mass is 10.4. The number of hydrogen-bond acceptors (Lipinski definition) is 5. The Kier molecular flexibility index (Phi) is 3.36. The molecule has 0 aliphatic heterocycles. The molecular formula is C10H10ClN3O2. The van der Waals surface area contributed by atoms with E-state index in [1.165, 1.54) is 0 Å². The van der Waals surface area contributed by atoms with Crippen LogP contribution < -0.4 is 4.74 Å². The number of halogens is 1. The molecule has 0 radical (unpaired) electrons. The van der Waals surface area contributed by atoms with Crippen molar-refractivity contribution in [1.82, 2.24) is 15.0 Å². The number of furan rings is 1. The minimum atomic E-state index is 0.0903. The van der Waals surface area contributed by atoms with Crippen LogP contribution in [0.5, 0.6) is 6.01 Å². The second kappa shape index (κ2) is 4.94. The fourth-order valence-electron chi connectivity index (χ4n) is 1.11. The van der Waals surface area contributed by atoms with Crippen molar-refractivity contribution in [1.29, 1.82) is 0 Å². The van der Waals surface area contributed by atoms with Gasteiger partial charge in [0, 0.05) is 0 Å². The lowest BCUT2D eigenvalue weighted by Gasteiger charge is -2.03. The maximum Gasteiger partial charge on any atom is 0.321 e. The Morgan fingerprint density at radius 1 is 1.38 bits per heavy atom. The molecule has 0 amide bonds. The fourth-order valence-corrected chi connectivity index (χ4v) is 1.26. The van der Waals surface area contributed by atoms with Crippen LogP contribution in [-0.2, 0) is 0 Å². The van der Waals surface area contributed by atoms with Gasteiger partial charge in [0.25, 0.3) is 0 Å². The molecule has 0 aliphatic rings. The van der Waals surface area contributed by atoms with E-state index in [0.717, 1.165) is 6.42 Å². The Morgan fingerprint density at radius 2 is 2.25 bits per heavy atom. The average Bonchev–Trinajstić information content (AvgIpc) is 2.79. The Bertz CT molecular complexity index is 459. The van der Waals surface area contributed by atoms with Crippen LogP contribution in [0.3, 0.4) is 0 Å². The molecule has 0 N–H and O–H groups in total. The Morgan fingerprint density at radius 3 is 2.94 bits per heavy atom. The molecule has 2 aromatic heterocycles. The van der Waals surface area contributed by atoms with E-state index in [2.05, 4.69) is 15.0 Å². The number of aromatic nitrogens is 3. The molecule has 2 rings (SSSR count). The van der Waals surface area contributed by atoms with Crippen LogP contribution in [0.4, 0.5) is 0 Å². The van der Waals surface area contributed by atoms with Gasteiger partial charge in [0.1, 0.15) is 0 Å². The van der Waals surface area contributed by atoms with Crippen molar-refractivity contribution in [3.8, 4) is 17.6 Å². The third-order valence-electron chi connectivity index (χ3n) is 1.76. The lowest BCUT2D eigenvalue weighted by molar-refractivity contribution is 0.291. The quantitative estimate of drug-likeness (QED) is 0.821.